The number of halogens is 1. The van der Waals surface area contributed by atoms with E-state index in [0.29, 0.717) is 24.7 Å². The lowest BCUT2D eigenvalue weighted by Gasteiger charge is -2.12. The standard InChI is InChI=1S/C15H17ClN2O/c16-15-7-6-13(10-18-15)9-17-11-14(19)8-12-4-2-1-3-5-12/h1-7,10,14,17,19H,8-9,11H2. The van der Waals surface area contributed by atoms with Crippen molar-refractivity contribution in [2.75, 3.05) is 6.54 Å². The minimum absolute atomic E-state index is 0.386. The van der Waals surface area contributed by atoms with Crippen molar-refractivity contribution in [3.8, 4) is 0 Å². The van der Waals surface area contributed by atoms with Gasteiger partial charge in [0.25, 0.3) is 0 Å². The molecular formula is C15H17ClN2O. The highest BCUT2D eigenvalue weighted by molar-refractivity contribution is 6.29. The van der Waals surface area contributed by atoms with Gasteiger partial charge in [0.1, 0.15) is 5.15 Å². The molecule has 0 radical (unpaired) electrons. The fourth-order valence-electron chi connectivity index (χ4n) is 1.85. The van der Waals surface area contributed by atoms with Crippen molar-refractivity contribution in [1.82, 2.24) is 10.3 Å². The molecule has 0 amide bonds. The highest BCUT2D eigenvalue weighted by Crippen LogP contribution is 2.05. The molecule has 0 saturated heterocycles. The molecule has 2 rings (SSSR count). The normalized spacial score (nSPS) is 12.3. The van der Waals surface area contributed by atoms with Crippen LogP contribution in [-0.4, -0.2) is 22.7 Å². The number of pyridine rings is 1. The molecule has 1 unspecified atom stereocenters. The fourth-order valence-corrected chi connectivity index (χ4v) is 1.96. The average Bonchev–Trinajstić information content (AvgIpc) is 2.42. The van der Waals surface area contributed by atoms with Gasteiger partial charge in [0, 0.05) is 19.3 Å². The quantitative estimate of drug-likeness (QED) is 0.797. The SMILES string of the molecule is OC(CNCc1ccc(Cl)nc1)Cc1ccccc1. The molecule has 1 aromatic carbocycles. The van der Waals surface area contributed by atoms with E-state index in [2.05, 4.69) is 10.3 Å². The molecule has 100 valence electrons. The van der Waals surface area contributed by atoms with Crippen LogP contribution < -0.4 is 5.32 Å². The molecule has 2 N–H and O–H groups in total. The van der Waals surface area contributed by atoms with Gasteiger partial charge in [0.15, 0.2) is 0 Å². The molecule has 1 aromatic heterocycles. The summed E-state index contributed by atoms with van der Waals surface area (Å²) in [6.45, 7) is 1.23. The van der Waals surface area contributed by atoms with E-state index in [1.807, 2.05) is 36.4 Å². The first kappa shape index (κ1) is 14.0. The maximum atomic E-state index is 9.93. The van der Waals surface area contributed by atoms with Crippen molar-refractivity contribution in [2.24, 2.45) is 0 Å². The molecular weight excluding hydrogens is 260 g/mol. The second-order valence-electron chi connectivity index (χ2n) is 4.46. The number of hydrogen-bond donors (Lipinski definition) is 2. The van der Waals surface area contributed by atoms with E-state index in [9.17, 15) is 5.11 Å². The third kappa shape index (κ3) is 4.99. The summed E-state index contributed by atoms with van der Waals surface area (Å²) in [5, 5.41) is 13.6. The molecule has 4 heteroatoms. The summed E-state index contributed by atoms with van der Waals surface area (Å²) in [7, 11) is 0. The lowest BCUT2D eigenvalue weighted by molar-refractivity contribution is 0.171. The highest BCUT2D eigenvalue weighted by atomic mass is 35.5. The number of aliphatic hydroxyl groups excluding tert-OH is 1. The van der Waals surface area contributed by atoms with Gasteiger partial charge in [0.2, 0.25) is 0 Å². The average molecular weight is 277 g/mol. The van der Waals surface area contributed by atoms with E-state index >= 15 is 0 Å². The molecule has 0 bridgehead atoms. The highest BCUT2D eigenvalue weighted by Gasteiger charge is 2.04. The van der Waals surface area contributed by atoms with Crippen molar-refractivity contribution in [3.63, 3.8) is 0 Å². The molecule has 0 spiro atoms. The smallest absolute Gasteiger partial charge is 0.129 e. The van der Waals surface area contributed by atoms with Gasteiger partial charge in [-0.05, 0) is 23.6 Å². The van der Waals surface area contributed by atoms with Gasteiger partial charge in [-0.3, -0.25) is 0 Å². The largest absolute Gasteiger partial charge is 0.391 e. The minimum Gasteiger partial charge on any atom is -0.391 e. The third-order valence-electron chi connectivity index (χ3n) is 2.81. The second-order valence-corrected chi connectivity index (χ2v) is 4.85. The molecule has 0 saturated carbocycles. The van der Waals surface area contributed by atoms with Gasteiger partial charge in [-0.2, -0.15) is 0 Å². The van der Waals surface area contributed by atoms with E-state index in [0.717, 1.165) is 11.1 Å². The first-order valence-electron chi connectivity index (χ1n) is 6.27. The predicted molar refractivity (Wildman–Crippen MR) is 77.1 cm³/mol. The summed E-state index contributed by atoms with van der Waals surface area (Å²) in [4.78, 5) is 4.01. The number of hydrogen-bond acceptors (Lipinski definition) is 3. The van der Waals surface area contributed by atoms with Crippen molar-refractivity contribution < 1.29 is 5.11 Å². The Labute approximate surface area is 118 Å². The number of aliphatic hydroxyl groups is 1. The van der Waals surface area contributed by atoms with Crippen LogP contribution in [0.15, 0.2) is 48.7 Å². The molecule has 19 heavy (non-hydrogen) atoms. The Hall–Kier alpha value is -1.42. The maximum Gasteiger partial charge on any atom is 0.129 e. The van der Waals surface area contributed by atoms with E-state index in [-0.39, 0.29) is 6.10 Å². The molecule has 3 nitrogen and oxygen atoms in total. The van der Waals surface area contributed by atoms with E-state index < -0.39 is 0 Å². The van der Waals surface area contributed by atoms with Crippen LogP contribution in [0.2, 0.25) is 5.15 Å². The topological polar surface area (TPSA) is 45.1 Å². The summed E-state index contributed by atoms with van der Waals surface area (Å²) in [6.07, 6.45) is 2.01. The molecule has 0 aliphatic heterocycles. The van der Waals surface area contributed by atoms with Crippen LogP contribution in [0.1, 0.15) is 11.1 Å². The van der Waals surface area contributed by atoms with Crippen molar-refractivity contribution in [3.05, 3.63) is 64.9 Å². The molecule has 2 aromatic rings. The van der Waals surface area contributed by atoms with Gasteiger partial charge < -0.3 is 10.4 Å². The summed E-state index contributed by atoms with van der Waals surface area (Å²) in [6, 6.07) is 13.7. The zero-order valence-electron chi connectivity index (χ0n) is 10.6. The van der Waals surface area contributed by atoms with Gasteiger partial charge in [-0.25, -0.2) is 4.98 Å². The number of rotatable bonds is 6. The van der Waals surface area contributed by atoms with Crippen LogP contribution in [0.5, 0.6) is 0 Å². The van der Waals surface area contributed by atoms with E-state index in [1.165, 1.54) is 0 Å². The number of nitrogens with zero attached hydrogens (tertiary/aromatic N) is 1. The molecule has 0 aliphatic carbocycles. The first-order chi connectivity index (χ1) is 9.24. The van der Waals surface area contributed by atoms with Crippen molar-refractivity contribution in [2.45, 2.75) is 19.1 Å². The van der Waals surface area contributed by atoms with Crippen LogP contribution >= 0.6 is 11.6 Å². The summed E-state index contributed by atoms with van der Waals surface area (Å²) < 4.78 is 0. The van der Waals surface area contributed by atoms with Crippen LogP contribution in [0.4, 0.5) is 0 Å². The second kappa shape index (κ2) is 7.24. The number of aromatic nitrogens is 1. The molecule has 0 aliphatic rings. The van der Waals surface area contributed by atoms with E-state index in [4.69, 9.17) is 11.6 Å². The number of nitrogens with one attached hydrogen (secondary N) is 1. The first-order valence-corrected chi connectivity index (χ1v) is 6.65. The van der Waals surface area contributed by atoms with Crippen LogP contribution in [-0.2, 0) is 13.0 Å². The third-order valence-corrected chi connectivity index (χ3v) is 3.04. The molecule has 0 fully saturated rings. The van der Waals surface area contributed by atoms with E-state index in [1.54, 1.807) is 12.3 Å². The zero-order chi connectivity index (χ0) is 13.5. The monoisotopic (exact) mass is 276 g/mol. The van der Waals surface area contributed by atoms with Crippen LogP contribution in [0.3, 0.4) is 0 Å². The lowest BCUT2D eigenvalue weighted by Crippen LogP contribution is -2.28. The van der Waals surface area contributed by atoms with Gasteiger partial charge in [-0.1, -0.05) is 48.0 Å². The van der Waals surface area contributed by atoms with Crippen molar-refractivity contribution in [1.29, 1.82) is 0 Å². The number of benzene rings is 1. The fraction of sp³-hybridized carbons (Fsp3) is 0.267. The summed E-state index contributed by atoms with van der Waals surface area (Å²) >= 11 is 5.71. The van der Waals surface area contributed by atoms with Gasteiger partial charge in [-0.15, -0.1) is 0 Å². The Bertz CT molecular complexity index is 487. The maximum absolute atomic E-state index is 9.93. The Kier molecular flexibility index (Phi) is 5.33. The van der Waals surface area contributed by atoms with Crippen LogP contribution in [0, 0.1) is 0 Å². The lowest BCUT2D eigenvalue weighted by atomic mass is 10.1. The van der Waals surface area contributed by atoms with Crippen molar-refractivity contribution >= 4 is 11.6 Å². The Morgan fingerprint density at radius 3 is 2.58 bits per heavy atom. The van der Waals surface area contributed by atoms with Crippen LogP contribution in [0.25, 0.3) is 0 Å². The van der Waals surface area contributed by atoms with Gasteiger partial charge in [0.05, 0.1) is 6.10 Å². The summed E-state index contributed by atoms with van der Waals surface area (Å²) in [5.41, 5.74) is 2.20. The van der Waals surface area contributed by atoms with Gasteiger partial charge >= 0.3 is 0 Å². The molecule has 1 heterocycles. The summed E-state index contributed by atoms with van der Waals surface area (Å²) in [5.74, 6) is 0. The minimum atomic E-state index is -0.386. The Morgan fingerprint density at radius 1 is 1.11 bits per heavy atom. The zero-order valence-corrected chi connectivity index (χ0v) is 11.3. The Balaban J connectivity index is 1.72. The predicted octanol–water partition coefficient (Wildman–Crippen LogP) is 2.43. The Morgan fingerprint density at radius 2 is 1.89 bits per heavy atom. The molecule has 1 atom stereocenters.